The lowest BCUT2D eigenvalue weighted by molar-refractivity contribution is 0.0796. The van der Waals surface area contributed by atoms with Crippen molar-refractivity contribution in [2.45, 2.75) is 37.7 Å². The van der Waals surface area contributed by atoms with Crippen molar-refractivity contribution in [3.05, 3.63) is 89.9 Å². The Hall–Kier alpha value is -2.98. The molecule has 0 bridgehead atoms. The molecule has 1 N–H and O–H groups in total. The Morgan fingerprint density at radius 3 is 2.18 bits per heavy atom. The third-order valence-corrected chi connectivity index (χ3v) is 5.82. The van der Waals surface area contributed by atoms with Gasteiger partial charge in [-0.1, -0.05) is 60.7 Å². The van der Waals surface area contributed by atoms with Crippen LogP contribution in [-0.2, 0) is 11.0 Å². The van der Waals surface area contributed by atoms with Crippen molar-refractivity contribution < 1.29 is 5.11 Å². The second-order valence-electron chi connectivity index (χ2n) is 8.22. The SMILES string of the molecule is CC(C)(O)c1cccn2c(C3(c4ccc(-c5ccccc5)cc4)CC3)nnc12. The topological polar surface area (TPSA) is 50.4 Å². The Kier molecular flexibility index (Phi) is 3.68. The van der Waals surface area contributed by atoms with Crippen LogP contribution < -0.4 is 0 Å². The fourth-order valence-corrected chi connectivity index (χ4v) is 4.10. The van der Waals surface area contributed by atoms with Crippen molar-refractivity contribution in [2.75, 3.05) is 0 Å². The van der Waals surface area contributed by atoms with E-state index in [1.807, 2.05) is 28.8 Å². The van der Waals surface area contributed by atoms with Crippen LogP contribution in [0, 0.1) is 0 Å². The smallest absolute Gasteiger partial charge is 0.166 e. The maximum Gasteiger partial charge on any atom is 0.166 e. The van der Waals surface area contributed by atoms with E-state index in [1.165, 1.54) is 16.7 Å². The first-order valence-corrected chi connectivity index (χ1v) is 9.72. The van der Waals surface area contributed by atoms with Crippen LogP contribution >= 0.6 is 0 Å². The van der Waals surface area contributed by atoms with E-state index in [4.69, 9.17) is 0 Å². The van der Waals surface area contributed by atoms with Crippen molar-refractivity contribution in [1.29, 1.82) is 0 Å². The molecule has 0 radical (unpaired) electrons. The molecule has 1 aliphatic carbocycles. The maximum atomic E-state index is 10.5. The lowest BCUT2D eigenvalue weighted by Crippen LogP contribution is -2.18. The fraction of sp³-hybridized carbons (Fsp3) is 0.250. The summed E-state index contributed by atoms with van der Waals surface area (Å²) in [4.78, 5) is 0. The van der Waals surface area contributed by atoms with Gasteiger partial charge >= 0.3 is 0 Å². The number of pyridine rings is 1. The molecule has 0 saturated heterocycles. The van der Waals surface area contributed by atoms with Crippen LogP contribution in [0.3, 0.4) is 0 Å². The highest BCUT2D eigenvalue weighted by Gasteiger charge is 2.49. The summed E-state index contributed by atoms with van der Waals surface area (Å²) >= 11 is 0. The monoisotopic (exact) mass is 369 g/mol. The van der Waals surface area contributed by atoms with Gasteiger partial charge in [0.1, 0.15) is 5.82 Å². The van der Waals surface area contributed by atoms with E-state index in [9.17, 15) is 5.11 Å². The zero-order valence-electron chi connectivity index (χ0n) is 16.1. The Morgan fingerprint density at radius 2 is 1.54 bits per heavy atom. The van der Waals surface area contributed by atoms with E-state index < -0.39 is 5.60 Å². The average molecular weight is 369 g/mol. The summed E-state index contributed by atoms with van der Waals surface area (Å²) in [6, 6.07) is 23.1. The van der Waals surface area contributed by atoms with Gasteiger partial charge in [-0.2, -0.15) is 0 Å². The predicted octanol–water partition coefficient (Wildman–Crippen LogP) is 4.70. The van der Waals surface area contributed by atoms with Crippen molar-refractivity contribution in [1.82, 2.24) is 14.6 Å². The molecule has 0 amide bonds. The number of aromatic nitrogens is 3. The summed E-state index contributed by atoms with van der Waals surface area (Å²) in [5.74, 6) is 0.959. The number of hydrogen-bond donors (Lipinski definition) is 1. The second kappa shape index (κ2) is 6.01. The molecule has 0 atom stereocenters. The molecule has 0 spiro atoms. The molecule has 4 heteroatoms. The standard InChI is InChI=1S/C24H23N3O/c1-23(2,28)20-9-6-16-27-21(20)25-26-22(27)24(14-15-24)19-12-10-18(11-13-19)17-7-4-3-5-8-17/h3-13,16,28H,14-15H2,1-2H3. The zero-order valence-corrected chi connectivity index (χ0v) is 16.1. The van der Waals surface area contributed by atoms with Gasteiger partial charge in [0.15, 0.2) is 5.65 Å². The third kappa shape index (κ3) is 2.64. The quantitative estimate of drug-likeness (QED) is 0.567. The van der Waals surface area contributed by atoms with Gasteiger partial charge in [-0.15, -0.1) is 10.2 Å². The molecule has 1 saturated carbocycles. The molecular formula is C24H23N3O. The molecule has 0 unspecified atom stereocenters. The van der Waals surface area contributed by atoms with Gasteiger partial charge in [0.05, 0.1) is 11.0 Å². The maximum absolute atomic E-state index is 10.5. The van der Waals surface area contributed by atoms with Crippen LogP contribution in [0.1, 0.15) is 43.6 Å². The lowest BCUT2D eigenvalue weighted by atomic mass is 9.92. The van der Waals surface area contributed by atoms with Crippen LogP contribution in [0.25, 0.3) is 16.8 Å². The molecule has 4 aromatic rings. The fourth-order valence-electron chi connectivity index (χ4n) is 4.10. The van der Waals surface area contributed by atoms with E-state index in [2.05, 4.69) is 58.7 Å². The van der Waals surface area contributed by atoms with Gasteiger partial charge in [0.25, 0.3) is 0 Å². The highest BCUT2D eigenvalue weighted by atomic mass is 16.3. The molecule has 1 fully saturated rings. The summed E-state index contributed by atoms with van der Waals surface area (Å²) in [6.07, 6.45) is 4.12. The van der Waals surface area contributed by atoms with Crippen molar-refractivity contribution in [3.8, 4) is 11.1 Å². The van der Waals surface area contributed by atoms with Gasteiger partial charge in [0.2, 0.25) is 0 Å². The van der Waals surface area contributed by atoms with Crippen LogP contribution in [0.4, 0.5) is 0 Å². The number of hydrogen-bond acceptors (Lipinski definition) is 3. The predicted molar refractivity (Wildman–Crippen MR) is 110 cm³/mol. The molecule has 5 rings (SSSR count). The number of nitrogens with zero attached hydrogens (tertiary/aromatic N) is 3. The molecule has 1 aliphatic rings. The van der Waals surface area contributed by atoms with Crippen LogP contribution in [-0.4, -0.2) is 19.7 Å². The van der Waals surface area contributed by atoms with Crippen molar-refractivity contribution in [2.24, 2.45) is 0 Å². The normalized spacial score (nSPS) is 15.7. The first kappa shape index (κ1) is 17.1. The van der Waals surface area contributed by atoms with Crippen molar-refractivity contribution in [3.63, 3.8) is 0 Å². The summed E-state index contributed by atoms with van der Waals surface area (Å²) in [6.45, 7) is 3.57. The largest absolute Gasteiger partial charge is 0.386 e. The second-order valence-corrected chi connectivity index (χ2v) is 8.22. The van der Waals surface area contributed by atoms with Gasteiger partial charge in [-0.25, -0.2) is 0 Å². The molecule has 2 heterocycles. The first-order valence-electron chi connectivity index (χ1n) is 9.72. The molecule has 28 heavy (non-hydrogen) atoms. The van der Waals surface area contributed by atoms with Crippen LogP contribution in [0.5, 0.6) is 0 Å². The highest BCUT2D eigenvalue weighted by molar-refractivity contribution is 5.64. The van der Waals surface area contributed by atoms with E-state index >= 15 is 0 Å². The van der Waals surface area contributed by atoms with Gasteiger partial charge in [0, 0.05) is 11.8 Å². The summed E-state index contributed by atoms with van der Waals surface area (Å²) in [5, 5.41) is 19.5. The Morgan fingerprint density at radius 1 is 0.857 bits per heavy atom. The van der Waals surface area contributed by atoms with Gasteiger partial charge < -0.3 is 5.11 Å². The van der Waals surface area contributed by atoms with E-state index in [0.717, 1.165) is 29.9 Å². The van der Waals surface area contributed by atoms with Gasteiger partial charge in [-0.3, -0.25) is 4.40 Å². The highest BCUT2D eigenvalue weighted by Crippen LogP contribution is 2.53. The molecule has 4 nitrogen and oxygen atoms in total. The lowest BCUT2D eigenvalue weighted by Gasteiger charge is -2.19. The Bertz CT molecular complexity index is 1130. The number of rotatable bonds is 4. The van der Waals surface area contributed by atoms with Crippen molar-refractivity contribution >= 4 is 5.65 Å². The minimum atomic E-state index is -0.957. The summed E-state index contributed by atoms with van der Waals surface area (Å²) in [7, 11) is 0. The van der Waals surface area contributed by atoms with E-state index in [1.54, 1.807) is 13.8 Å². The third-order valence-electron chi connectivity index (χ3n) is 5.82. The van der Waals surface area contributed by atoms with E-state index in [0.29, 0.717) is 0 Å². The van der Waals surface area contributed by atoms with Gasteiger partial charge in [-0.05, 0) is 49.4 Å². The summed E-state index contributed by atoms with van der Waals surface area (Å²) in [5.41, 5.74) is 4.20. The molecule has 2 aromatic heterocycles. The average Bonchev–Trinajstić information content (AvgIpc) is 3.40. The number of aliphatic hydroxyl groups is 1. The van der Waals surface area contributed by atoms with Crippen LogP contribution in [0.2, 0.25) is 0 Å². The molecule has 0 aliphatic heterocycles. The minimum Gasteiger partial charge on any atom is -0.386 e. The minimum absolute atomic E-state index is 0.0904. The first-order chi connectivity index (χ1) is 13.5. The molecule has 2 aromatic carbocycles. The molecule has 140 valence electrons. The molecular weight excluding hydrogens is 346 g/mol. The number of benzene rings is 2. The zero-order chi connectivity index (χ0) is 19.4. The Balaban J connectivity index is 1.57. The number of fused-ring (bicyclic) bond motifs is 1. The van der Waals surface area contributed by atoms with E-state index in [-0.39, 0.29) is 5.41 Å². The Labute approximate surface area is 164 Å². The van der Waals surface area contributed by atoms with Crippen LogP contribution in [0.15, 0.2) is 72.9 Å². The summed E-state index contributed by atoms with van der Waals surface area (Å²) < 4.78 is 2.05.